The molecule has 1 aromatic carbocycles. The van der Waals surface area contributed by atoms with Gasteiger partial charge in [0.15, 0.2) is 5.58 Å². The van der Waals surface area contributed by atoms with E-state index in [1.807, 2.05) is 0 Å². The highest BCUT2D eigenvalue weighted by molar-refractivity contribution is 7.89. The van der Waals surface area contributed by atoms with E-state index in [2.05, 4.69) is 10.2 Å². The van der Waals surface area contributed by atoms with E-state index in [0.717, 1.165) is 12.8 Å². The van der Waals surface area contributed by atoms with Crippen molar-refractivity contribution in [3.05, 3.63) is 41.1 Å². The van der Waals surface area contributed by atoms with Crippen LogP contribution in [0.5, 0.6) is 0 Å². The van der Waals surface area contributed by atoms with Gasteiger partial charge < -0.3 is 4.42 Å². The van der Waals surface area contributed by atoms with Gasteiger partial charge in [0.05, 0.1) is 28.8 Å². The number of benzene rings is 1. The number of aromatic nitrogens is 4. The Labute approximate surface area is 155 Å². The number of fused-ring (bicyclic) bond motifs is 3. The zero-order valence-electron chi connectivity index (χ0n) is 14.7. The molecule has 10 heteroatoms. The minimum atomic E-state index is -3.66. The minimum absolute atomic E-state index is 0.0615. The number of oxazole rings is 1. The predicted octanol–water partition coefficient (Wildman–Crippen LogP) is 1.28. The first-order valence-electron chi connectivity index (χ1n) is 8.94. The summed E-state index contributed by atoms with van der Waals surface area (Å²) in [6.07, 6.45) is 6.39. The van der Waals surface area contributed by atoms with E-state index < -0.39 is 15.8 Å². The Morgan fingerprint density at radius 3 is 2.41 bits per heavy atom. The smallest absolute Gasteiger partial charge is 0.408 e. The van der Waals surface area contributed by atoms with Crippen LogP contribution in [-0.4, -0.2) is 44.4 Å². The molecule has 2 aliphatic heterocycles. The number of rotatable bonds is 3. The lowest BCUT2D eigenvalue weighted by Crippen LogP contribution is -2.47. The predicted molar refractivity (Wildman–Crippen MR) is 95.6 cm³/mol. The third-order valence-electron chi connectivity index (χ3n) is 5.74. The van der Waals surface area contributed by atoms with Crippen molar-refractivity contribution < 1.29 is 12.8 Å². The van der Waals surface area contributed by atoms with Crippen LogP contribution in [0.2, 0.25) is 0 Å². The molecule has 2 aromatic heterocycles. The third kappa shape index (κ3) is 2.47. The van der Waals surface area contributed by atoms with E-state index in [0.29, 0.717) is 23.9 Å². The Morgan fingerprint density at radius 1 is 1.07 bits per heavy atom. The van der Waals surface area contributed by atoms with Gasteiger partial charge in [-0.3, -0.25) is 4.57 Å². The van der Waals surface area contributed by atoms with Gasteiger partial charge >= 0.3 is 5.76 Å². The molecule has 2 bridgehead atoms. The van der Waals surface area contributed by atoms with Crippen molar-refractivity contribution >= 4 is 21.1 Å². The van der Waals surface area contributed by atoms with Crippen LogP contribution in [0, 0.1) is 0 Å². The van der Waals surface area contributed by atoms with Crippen LogP contribution in [0.4, 0.5) is 0 Å². The molecule has 2 aliphatic rings. The second-order valence-electron chi connectivity index (χ2n) is 7.25. The summed E-state index contributed by atoms with van der Waals surface area (Å²) in [4.78, 5) is 13.6. The quantitative estimate of drug-likeness (QED) is 0.668. The first-order valence-corrected chi connectivity index (χ1v) is 10.4. The molecule has 2 unspecified atom stereocenters. The van der Waals surface area contributed by atoms with Crippen LogP contribution >= 0.6 is 0 Å². The fraction of sp³-hybridized carbons (Fsp3) is 0.471. The molecule has 142 valence electrons. The summed E-state index contributed by atoms with van der Waals surface area (Å²) in [6, 6.07) is 4.59. The SMILES string of the molecule is Cn1c(=O)oc2ccc(S(=O)(=O)N3C4CCC3CC(n3nccn3)C4)cc21. The van der Waals surface area contributed by atoms with Crippen LogP contribution in [-0.2, 0) is 17.1 Å². The molecule has 4 heterocycles. The average Bonchev–Trinajstić information content (AvgIpc) is 3.34. The highest BCUT2D eigenvalue weighted by Crippen LogP contribution is 2.43. The van der Waals surface area contributed by atoms with Gasteiger partial charge in [-0.2, -0.15) is 19.3 Å². The van der Waals surface area contributed by atoms with Crippen LogP contribution in [0.15, 0.2) is 44.7 Å². The third-order valence-corrected chi connectivity index (χ3v) is 7.74. The molecular formula is C17H19N5O4S. The molecule has 5 rings (SSSR count). The van der Waals surface area contributed by atoms with Gasteiger partial charge in [0.1, 0.15) is 0 Å². The largest absolute Gasteiger partial charge is 0.419 e. The summed E-state index contributed by atoms with van der Waals surface area (Å²) in [5.74, 6) is -0.507. The fourth-order valence-corrected chi connectivity index (χ4v) is 6.40. The highest BCUT2D eigenvalue weighted by Gasteiger charge is 2.48. The van der Waals surface area contributed by atoms with Gasteiger partial charge in [0.25, 0.3) is 0 Å². The molecule has 2 atom stereocenters. The van der Waals surface area contributed by atoms with Crippen LogP contribution in [0.3, 0.4) is 0 Å². The average molecular weight is 389 g/mol. The number of piperidine rings is 1. The van der Waals surface area contributed by atoms with E-state index in [1.165, 1.54) is 16.7 Å². The maximum atomic E-state index is 13.4. The Bertz CT molecular complexity index is 1150. The summed E-state index contributed by atoms with van der Waals surface area (Å²) >= 11 is 0. The molecule has 0 aliphatic carbocycles. The fourth-order valence-electron chi connectivity index (χ4n) is 4.49. The van der Waals surface area contributed by atoms with Gasteiger partial charge in [0.2, 0.25) is 10.0 Å². The normalized spacial score (nSPS) is 26.0. The summed E-state index contributed by atoms with van der Waals surface area (Å²) in [5.41, 5.74) is 0.858. The van der Waals surface area contributed by atoms with E-state index in [9.17, 15) is 13.2 Å². The summed E-state index contributed by atoms with van der Waals surface area (Å²) < 4.78 is 34.8. The molecule has 2 fully saturated rings. The minimum Gasteiger partial charge on any atom is -0.408 e. The molecule has 0 spiro atoms. The zero-order chi connectivity index (χ0) is 18.8. The lowest BCUT2D eigenvalue weighted by atomic mass is 10.0. The summed E-state index contributed by atoms with van der Waals surface area (Å²) in [6.45, 7) is 0. The topological polar surface area (TPSA) is 103 Å². The van der Waals surface area contributed by atoms with E-state index in [1.54, 1.807) is 34.6 Å². The Kier molecular flexibility index (Phi) is 3.57. The zero-order valence-corrected chi connectivity index (χ0v) is 15.5. The summed E-state index contributed by atoms with van der Waals surface area (Å²) in [7, 11) is -2.10. The first-order chi connectivity index (χ1) is 12.9. The van der Waals surface area contributed by atoms with Gasteiger partial charge in [-0.25, -0.2) is 13.2 Å². The standard InChI is InChI=1S/C17H19N5O4S/c1-20-15-10-14(4-5-16(15)26-17(20)23)27(24,25)21-11-2-3-12(21)9-13(8-11)22-18-6-7-19-22/h4-7,10-13H,2-3,8-9H2,1H3. The van der Waals surface area contributed by atoms with Crippen molar-refractivity contribution in [2.75, 3.05) is 0 Å². The monoisotopic (exact) mass is 389 g/mol. The van der Waals surface area contributed by atoms with Crippen LogP contribution in [0.1, 0.15) is 31.7 Å². The number of nitrogens with zero attached hydrogens (tertiary/aromatic N) is 5. The number of hydrogen-bond donors (Lipinski definition) is 0. The van der Waals surface area contributed by atoms with Crippen molar-refractivity contribution in [1.82, 2.24) is 23.9 Å². The van der Waals surface area contributed by atoms with E-state index in [4.69, 9.17) is 4.42 Å². The van der Waals surface area contributed by atoms with Crippen LogP contribution in [0.25, 0.3) is 11.1 Å². The lowest BCUT2D eigenvalue weighted by molar-refractivity contribution is 0.174. The highest BCUT2D eigenvalue weighted by atomic mass is 32.2. The van der Waals surface area contributed by atoms with Gasteiger partial charge in [-0.05, 0) is 43.9 Å². The second-order valence-corrected chi connectivity index (χ2v) is 9.09. The van der Waals surface area contributed by atoms with Gasteiger partial charge in [0, 0.05) is 19.1 Å². The molecule has 0 saturated carbocycles. The van der Waals surface area contributed by atoms with Crippen molar-refractivity contribution in [2.24, 2.45) is 7.05 Å². The van der Waals surface area contributed by atoms with Crippen molar-refractivity contribution in [3.63, 3.8) is 0 Å². The maximum Gasteiger partial charge on any atom is 0.419 e. The molecule has 9 nitrogen and oxygen atoms in total. The van der Waals surface area contributed by atoms with Crippen LogP contribution < -0.4 is 5.76 Å². The Hall–Kier alpha value is -2.46. The molecule has 27 heavy (non-hydrogen) atoms. The molecular weight excluding hydrogens is 370 g/mol. The first kappa shape index (κ1) is 16.7. The number of aryl methyl sites for hydroxylation is 1. The Morgan fingerprint density at radius 2 is 1.74 bits per heavy atom. The number of hydrogen-bond acceptors (Lipinski definition) is 6. The summed E-state index contributed by atoms with van der Waals surface area (Å²) in [5, 5.41) is 8.45. The second kappa shape index (κ2) is 5.77. The maximum absolute atomic E-state index is 13.4. The molecule has 0 N–H and O–H groups in total. The van der Waals surface area contributed by atoms with Gasteiger partial charge in [-0.15, -0.1) is 0 Å². The van der Waals surface area contributed by atoms with Gasteiger partial charge in [-0.1, -0.05) is 0 Å². The van der Waals surface area contributed by atoms with Crippen molar-refractivity contribution in [2.45, 2.75) is 48.7 Å². The van der Waals surface area contributed by atoms with Crippen molar-refractivity contribution in [1.29, 1.82) is 0 Å². The van der Waals surface area contributed by atoms with Crippen molar-refractivity contribution in [3.8, 4) is 0 Å². The molecule has 0 radical (unpaired) electrons. The molecule has 2 saturated heterocycles. The lowest BCUT2D eigenvalue weighted by Gasteiger charge is -2.37. The molecule has 3 aromatic rings. The van der Waals surface area contributed by atoms with E-state index in [-0.39, 0.29) is 23.0 Å². The Balaban J connectivity index is 1.51. The molecule has 0 amide bonds. The van der Waals surface area contributed by atoms with E-state index >= 15 is 0 Å². The number of sulfonamides is 1.